The van der Waals surface area contributed by atoms with Crippen molar-refractivity contribution in [1.29, 1.82) is 5.26 Å². The summed E-state index contributed by atoms with van der Waals surface area (Å²) < 4.78 is 1.94. The minimum Gasteiger partial charge on any atom is -0.276 e. The Hall–Kier alpha value is -2.32. The maximum Gasteiger partial charge on any atom is 0.139 e. The summed E-state index contributed by atoms with van der Waals surface area (Å²) in [6.45, 7) is 5.85. The van der Waals surface area contributed by atoms with Crippen molar-refractivity contribution < 1.29 is 0 Å². The third kappa shape index (κ3) is 4.25. The molecule has 0 spiro atoms. The average Bonchev–Trinajstić information content (AvgIpc) is 3.02. The van der Waals surface area contributed by atoms with Crippen LogP contribution in [0.25, 0.3) is 5.57 Å². The summed E-state index contributed by atoms with van der Waals surface area (Å²) >= 11 is 6.27. The normalized spacial score (nSPS) is 26.1. The van der Waals surface area contributed by atoms with Gasteiger partial charge >= 0.3 is 0 Å². The molecule has 0 bridgehead atoms. The lowest BCUT2D eigenvalue weighted by Crippen LogP contribution is -2.27. The van der Waals surface area contributed by atoms with Crippen molar-refractivity contribution in [3.8, 4) is 6.07 Å². The van der Waals surface area contributed by atoms with Crippen LogP contribution < -0.4 is 5.43 Å². The van der Waals surface area contributed by atoms with Gasteiger partial charge in [-0.3, -0.25) is 10.4 Å². The van der Waals surface area contributed by atoms with Gasteiger partial charge in [-0.15, -0.1) is 11.6 Å². The summed E-state index contributed by atoms with van der Waals surface area (Å²) in [6.07, 6.45) is 14.1. The predicted molar refractivity (Wildman–Crippen MR) is 107 cm³/mol. The van der Waals surface area contributed by atoms with E-state index in [4.69, 9.17) is 21.9 Å². The first-order valence-corrected chi connectivity index (χ1v) is 9.47. The number of hydrogen-bond donors (Lipinski definition) is 1. The lowest BCUT2D eigenvalue weighted by molar-refractivity contribution is 0.383. The molecule has 0 amide bonds. The van der Waals surface area contributed by atoms with E-state index in [0.717, 1.165) is 55.0 Å². The first kappa shape index (κ1) is 18.5. The molecule has 0 radical (unpaired) electrons. The van der Waals surface area contributed by atoms with Crippen LogP contribution in [-0.4, -0.2) is 26.9 Å². The van der Waals surface area contributed by atoms with E-state index in [1.165, 1.54) is 0 Å². The second kappa shape index (κ2) is 8.37. The SMILES string of the molecule is C=CC(=NC1CCC(C#N)CC1)Nn1c(C2=CC=CC(Cl)C2)cnc1C. The minimum atomic E-state index is 0.00140. The number of aliphatic imine (C=N–C) groups is 1. The van der Waals surface area contributed by atoms with Gasteiger partial charge in [-0.25, -0.2) is 9.66 Å². The van der Waals surface area contributed by atoms with Crippen molar-refractivity contribution in [3.63, 3.8) is 0 Å². The number of nitrogens with one attached hydrogen (secondary N) is 1. The molecule has 5 nitrogen and oxygen atoms in total. The first-order valence-electron chi connectivity index (χ1n) is 9.03. The highest BCUT2D eigenvalue weighted by Crippen LogP contribution is 2.27. The van der Waals surface area contributed by atoms with Crippen LogP contribution >= 0.6 is 11.6 Å². The summed E-state index contributed by atoms with van der Waals surface area (Å²) in [4.78, 5) is 9.25. The van der Waals surface area contributed by atoms with Gasteiger partial charge in [-0.2, -0.15) is 5.26 Å². The summed E-state index contributed by atoms with van der Waals surface area (Å²) in [5.74, 6) is 1.75. The Labute approximate surface area is 159 Å². The van der Waals surface area contributed by atoms with Crippen LogP contribution in [0.15, 0.2) is 42.1 Å². The molecule has 1 saturated carbocycles. The monoisotopic (exact) mass is 369 g/mol. The van der Waals surface area contributed by atoms with Crippen molar-refractivity contribution in [2.24, 2.45) is 10.9 Å². The molecule has 1 N–H and O–H groups in total. The largest absolute Gasteiger partial charge is 0.276 e. The lowest BCUT2D eigenvalue weighted by atomic mass is 9.87. The molecule has 1 fully saturated rings. The Morgan fingerprint density at radius 3 is 2.88 bits per heavy atom. The van der Waals surface area contributed by atoms with E-state index in [-0.39, 0.29) is 17.3 Å². The first-order chi connectivity index (χ1) is 12.6. The fourth-order valence-corrected chi connectivity index (χ4v) is 3.66. The number of allylic oxidation sites excluding steroid dienone is 4. The zero-order chi connectivity index (χ0) is 18.5. The Bertz CT molecular complexity index is 788. The number of amidine groups is 1. The molecule has 0 aromatic carbocycles. The maximum absolute atomic E-state index is 9.04. The summed E-state index contributed by atoms with van der Waals surface area (Å²) in [6, 6.07) is 2.60. The molecule has 1 atom stereocenters. The number of nitrogens with zero attached hydrogens (tertiary/aromatic N) is 4. The maximum atomic E-state index is 9.04. The van der Waals surface area contributed by atoms with Crippen LogP contribution in [0.5, 0.6) is 0 Å². The van der Waals surface area contributed by atoms with Crippen LogP contribution in [0.2, 0.25) is 0 Å². The van der Waals surface area contributed by atoms with Crippen LogP contribution in [0, 0.1) is 24.2 Å². The van der Waals surface area contributed by atoms with Gasteiger partial charge in [0.15, 0.2) is 0 Å². The molecule has 2 aliphatic rings. The molecule has 1 aromatic rings. The zero-order valence-electron chi connectivity index (χ0n) is 15.0. The number of hydrogen-bond acceptors (Lipinski definition) is 3. The van der Waals surface area contributed by atoms with Gasteiger partial charge in [-0.1, -0.05) is 24.8 Å². The molecule has 0 saturated heterocycles. The smallest absolute Gasteiger partial charge is 0.139 e. The standard InChI is InChI=1S/C20H24ClN5/c1-3-20(24-18-9-7-15(12-22)8-10-18)25-26-14(2)23-13-19(26)16-5-4-6-17(21)11-16/h3-6,13,15,17-18H,1,7-11H2,2H3,(H,24,25). The van der Waals surface area contributed by atoms with Gasteiger partial charge in [0, 0.05) is 5.92 Å². The number of halogens is 1. The number of imidazole rings is 1. The van der Waals surface area contributed by atoms with E-state index < -0.39 is 0 Å². The predicted octanol–water partition coefficient (Wildman–Crippen LogP) is 4.35. The van der Waals surface area contributed by atoms with Gasteiger partial charge in [0.2, 0.25) is 0 Å². The minimum absolute atomic E-state index is 0.00140. The highest BCUT2D eigenvalue weighted by molar-refractivity contribution is 6.22. The average molecular weight is 370 g/mol. The highest BCUT2D eigenvalue weighted by Gasteiger charge is 2.21. The second-order valence-corrected chi connectivity index (χ2v) is 7.35. The van der Waals surface area contributed by atoms with Gasteiger partial charge < -0.3 is 0 Å². The zero-order valence-corrected chi connectivity index (χ0v) is 15.8. The van der Waals surface area contributed by atoms with Crippen molar-refractivity contribution in [2.45, 2.75) is 50.4 Å². The van der Waals surface area contributed by atoms with Crippen molar-refractivity contribution in [1.82, 2.24) is 9.66 Å². The van der Waals surface area contributed by atoms with Crippen LogP contribution in [0.1, 0.15) is 43.6 Å². The van der Waals surface area contributed by atoms with Crippen molar-refractivity contribution >= 4 is 23.0 Å². The van der Waals surface area contributed by atoms with Crippen LogP contribution in [-0.2, 0) is 0 Å². The second-order valence-electron chi connectivity index (χ2n) is 6.79. The number of aryl methyl sites for hydroxylation is 1. The Kier molecular flexibility index (Phi) is 5.95. The summed E-state index contributed by atoms with van der Waals surface area (Å²) in [7, 11) is 0. The molecule has 0 aliphatic heterocycles. The third-order valence-corrected chi connectivity index (χ3v) is 5.22. The third-order valence-electron chi connectivity index (χ3n) is 4.92. The van der Waals surface area contributed by atoms with E-state index in [1.807, 2.05) is 29.9 Å². The number of rotatable bonds is 4. The summed E-state index contributed by atoms with van der Waals surface area (Å²) in [5, 5.41) is 9.04. The van der Waals surface area contributed by atoms with E-state index >= 15 is 0 Å². The number of nitriles is 1. The van der Waals surface area contributed by atoms with E-state index in [0.29, 0.717) is 0 Å². The fraction of sp³-hybridized carbons (Fsp3) is 0.450. The van der Waals surface area contributed by atoms with E-state index in [2.05, 4.69) is 29.1 Å². The molecule has 26 heavy (non-hydrogen) atoms. The van der Waals surface area contributed by atoms with Crippen molar-refractivity contribution in [2.75, 3.05) is 5.43 Å². The Morgan fingerprint density at radius 2 is 2.23 bits per heavy atom. The molecular formula is C20H24ClN5. The topological polar surface area (TPSA) is 66.0 Å². The Morgan fingerprint density at radius 1 is 1.46 bits per heavy atom. The highest BCUT2D eigenvalue weighted by atomic mass is 35.5. The number of aromatic nitrogens is 2. The van der Waals surface area contributed by atoms with Crippen molar-refractivity contribution in [3.05, 3.63) is 48.6 Å². The molecule has 6 heteroatoms. The van der Waals surface area contributed by atoms with Gasteiger partial charge in [-0.05, 0) is 50.7 Å². The Balaban J connectivity index is 1.77. The molecule has 136 valence electrons. The fourth-order valence-electron chi connectivity index (χ4n) is 3.41. The summed E-state index contributed by atoms with van der Waals surface area (Å²) in [5.41, 5.74) is 5.47. The molecule has 3 rings (SSSR count). The molecule has 1 unspecified atom stereocenters. The van der Waals surface area contributed by atoms with Crippen LogP contribution in [0.3, 0.4) is 0 Å². The van der Waals surface area contributed by atoms with Gasteiger partial charge in [0.1, 0.15) is 11.7 Å². The lowest BCUT2D eigenvalue weighted by Gasteiger charge is -2.23. The molecule has 1 aromatic heterocycles. The molecule has 2 aliphatic carbocycles. The number of alkyl halides is 1. The van der Waals surface area contributed by atoms with E-state index in [9.17, 15) is 0 Å². The van der Waals surface area contributed by atoms with Crippen LogP contribution in [0.4, 0.5) is 0 Å². The quantitative estimate of drug-likeness (QED) is 0.487. The molecular weight excluding hydrogens is 346 g/mol. The van der Waals surface area contributed by atoms with Gasteiger partial charge in [0.25, 0.3) is 0 Å². The van der Waals surface area contributed by atoms with Gasteiger partial charge in [0.05, 0.1) is 29.4 Å². The molecule has 1 heterocycles. The van der Waals surface area contributed by atoms with E-state index in [1.54, 1.807) is 6.08 Å².